The van der Waals surface area contributed by atoms with E-state index >= 15 is 0 Å². The molecular formula is C17H22FN3O4S. The van der Waals surface area contributed by atoms with Gasteiger partial charge in [-0.2, -0.15) is 4.31 Å². The molecule has 2 heterocycles. The fourth-order valence-corrected chi connectivity index (χ4v) is 4.70. The maximum atomic E-state index is 12.9. The van der Waals surface area contributed by atoms with E-state index in [4.69, 9.17) is 9.26 Å². The van der Waals surface area contributed by atoms with Crippen molar-refractivity contribution in [2.75, 3.05) is 39.3 Å². The van der Waals surface area contributed by atoms with Crippen molar-refractivity contribution in [2.45, 2.75) is 18.7 Å². The molecule has 1 fully saturated rings. The van der Waals surface area contributed by atoms with Crippen LogP contribution in [0.3, 0.4) is 0 Å². The van der Waals surface area contributed by atoms with Gasteiger partial charge >= 0.3 is 0 Å². The topological polar surface area (TPSA) is 75.9 Å². The molecule has 9 heteroatoms. The maximum Gasteiger partial charge on any atom is 0.248 e. The number of ether oxygens (including phenoxy) is 1. The number of benzene rings is 1. The maximum absolute atomic E-state index is 12.9. The zero-order chi connectivity index (χ0) is 18.7. The normalized spacial score (nSPS) is 16.7. The van der Waals surface area contributed by atoms with Gasteiger partial charge in [-0.3, -0.25) is 4.90 Å². The predicted octanol–water partition coefficient (Wildman–Crippen LogP) is 1.82. The minimum absolute atomic E-state index is 0.172. The third-order valence-electron chi connectivity index (χ3n) is 4.39. The second-order valence-electron chi connectivity index (χ2n) is 6.20. The summed E-state index contributed by atoms with van der Waals surface area (Å²) < 4.78 is 50.5. The van der Waals surface area contributed by atoms with Crippen molar-refractivity contribution in [3.05, 3.63) is 41.5 Å². The lowest BCUT2D eigenvalue weighted by atomic mass is 10.3. The largest absolute Gasteiger partial charge is 0.492 e. The lowest BCUT2D eigenvalue weighted by Crippen LogP contribution is -2.49. The summed E-state index contributed by atoms with van der Waals surface area (Å²) in [6.07, 6.45) is 0. The Hall–Kier alpha value is -1.97. The molecule has 0 spiro atoms. The van der Waals surface area contributed by atoms with Crippen molar-refractivity contribution in [2.24, 2.45) is 0 Å². The highest BCUT2D eigenvalue weighted by molar-refractivity contribution is 7.89. The van der Waals surface area contributed by atoms with E-state index in [9.17, 15) is 12.8 Å². The molecule has 1 aliphatic heterocycles. The molecular weight excluding hydrogens is 361 g/mol. The van der Waals surface area contributed by atoms with Gasteiger partial charge in [-0.1, -0.05) is 5.16 Å². The van der Waals surface area contributed by atoms with Crippen LogP contribution in [-0.4, -0.2) is 62.1 Å². The number of rotatable bonds is 6. The first-order valence-corrected chi connectivity index (χ1v) is 9.85. The quantitative estimate of drug-likeness (QED) is 0.757. The SMILES string of the molecule is Cc1noc(C)c1S(=O)(=O)N1CCN(CCOc2ccc(F)cc2)CC1. The van der Waals surface area contributed by atoms with Crippen LogP contribution in [0.15, 0.2) is 33.7 Å². The van der Waals surface area contributed by atoms with E-state index in [2.05, 4.69) is 10.1 Å². The Labute approximate surface area is 152 Å². The second kappa shape index (κ2) is 7.73. The Morgan fingerprint density at radius 2 is 1.81 bits per heavy atom. The second-order valence-corrected chi connectivity index (χ2v) is 8.08. The van der Waals surface area contributed by atoms with Crippen molar-refractivity contribution in [1.82, 2.24) is 14.4 Å². The van der Waals surface area contributed by atoms with Gasteiger partial charge in [0.1, 0.15) is 28.8 Å². The first-order chi connectivity index (χ1) is 12.4. The lowest BCUT2D eigenvalue weighted by Gasteiger charge is -2.33. The summed E-state index contributed by atoms with van der Waals surface area (Å²) in [6.45, 7) is 6.43. The number of sulfonamides is 1. The fourth-order valence-electron chi connectivity index (χ4n) is 2.99. The highest BCUT2D eigenvalue weighted by Gasteiger charge is 2.33. The van der Waals surface area contributed by atoms with Gasteiger partial charge in [0.2, 0.25) is 10.0 Å². The summed E-state index contributed by atoms with van der Waals surface area (Å²) in [5.41, 5.74) is 0.387. The number of halogens is 1. The van der Waals surface area contributed by atoms with Crippen LogP contribution in [0.4, 0.5) is 4.39 Å². The molecule has 0 amide bonds. The molecule has 0 N–H and O–H groups in total. The van der Waals surface area contributed by atoms with E-state index in [0.717, 1.165) is 0 Å². The molecule has 1 saturated heterocycles. The van der Waals surface area contributed by atoms with Crippen LogP contribution in [0, 0.1) is 19.7 Å². The highest BCUT2D eigenvalue weighted by Crippen LogP contribution is 2.24. The molecule has 142 valence electrons. The highest BCUT2D eigenvalue weighted by atomic mass is 32.2. The molecule has 1 aromatic carbocycles. The van der Waals surface area contributed by atoms with Crippen molar-refractivity contribution < 1.29 is 22.1 Å². The van der Waals surface area contributed by atoms with Gasteiger partial charge in [-0.15, -0.1) is 0 Å². The Bertz CT molecular complexity index is 824. The number of aromatic nitrogens is 1. The molecule has 0 atom stereocenters. The van der Waals surface area contributed by atoms with Gasteiger partial charge in [0.15, 0.2) is 5.76 Å². The molecule has 0 bridgehead atoms. The Morgan fingerprint density at radius 3 is 2.38 bits per heavy atom. The predicted molar refractivity (Wildman–Crippen MR) is 93.1 cm³/mol. The molecule has 0 saturated carbocycles. The van der Waals surface area contributed by atoms with Crippen LogP contribution in [-0.2, 0) is 10.0 Å². The van der Waals surface area contributed by atoms with Crippen molar-refractivity contribution >= 4 is 10.0 Å². The third-order valence-corrected chi connectivity index (χ3v) is 6.53. The minimum atomic E-state index is -3.59. The molecule has 2 aromatic rings. The van der Waals surface area contributed by atoms with Crippen LogP contribution in [0.1, 0.15) is 11.5 Å². The van der Waals surface area contributed by atoms with Crippen molar-refractivity contribution in [3.63, 3.8) is 0 Å². The summed E-state index contributed by atoms with van der Waals surface area (Å²) in [7, 11) is -3.59. The van der Waals surface area contributed by atoms with Crippen LogP contribution in [0.2, 0.25) is 0 Å². The van der Waals surface area contributed by atoms with Crippen LogP contribution in [0.5, 0.6) is 5.75 Å². The molecule has 1 aliphatic rings. The molecule has 0 radical (unpaired) electrons. The molecule has 0 aliphatic carbocycles. The third kappa shape index (κ3) is 4.05. The van der Waals surface area contributed by atoms with Gasteiger partial charge in [0.05, 0.1) is 0 Å². The van der Waals surface area contributed by atoms with E-state index < -0.39 is 10.0 Å². The Morgan fingerprint density at radius 1 is 1.15 bits per heavy atom. The van der Waals surface area contributed by atoms with Gasteiger partial charge in [0.25, 0.3) is 0 Å². The minimum Gasteiger partial charge on any atom is -0.492 e. The monoisotopic (exact) mass is 383 g/mol. The smallest absolute Gasteiger partial charge is 0.248 e. The summed E-state index contributed by atoms with van der Waals surface area (Å²) in [6, 6.07) is 5.88. The van der Waals surface area contributed by atoms with Crippen LogP contribution < -0.4 is 4.74 Å². The lowest BCUT2D eigenvalue weighted by molar-refractivity contribution is 0.158. The Kier molecular flexibility index (Phi) is 5.59. The zero-order valence-corrected chi connectivity index (χ0v) is 15.6. The number of nitrogens with zero attached hydrogens (tertiary/aromatic N) is 3. The van der Waals surface area contributed by atoms with E-state index in [-0.39, 0.29) is 10.7 Å². The summed E-state index contributed by atoms with van der Waals surface area (Å²) >= 11 is 0. The number of piperazine rings is 1. The average Bonchev–Trinajstić information content (AvgIpc) is 2.96. The van der Waals surface area contributed by atoms with Crippen LogP contribution in [0.25, 0.3) is 0 Å². The summed E-state index contributed by atoms with van der Waals surface area (Å²) in [5, 5.41) is 3.74. The standard InChI is InChI=1S/C17H22FN3O4S/c1-13-17(14(2)25-19-13)26(22,23)21-9-7-20(8-10-21)11-12-24-16-5-3-15(18)4-6-16/h3-6H,7-12H2,1-2H3. The first-order valence-electron chi connectivity index (χ1n) is 8.41. The summed E-state index contributed by atoms with van der Waals surface area (Å²) in [5.74, 6) is 0.636. The average molecular weight is 383 g/mol. The van der Waals surface area contributed by atoms with Gasteiger partial charge in [-0.25, -0.2) is 12.8 Å². The van der Waals surface area contributed by atoms with Gasteiger partial charge in [-0.05, 0) is 38.1 Å². The van der Waals surface area contributed by atoms with Crippen molar-refractivity contribution in [3.8, 4) is 5.75 Å². The van der Waals surface area contributed by atoms with Crippen molar-refractivity contribution in [1.29, 1.82) is 0 Å². The van der Waals surface area contributed by atoms with E-state index in [1.165, 1.54) is 16.4 Å². The van der Waals surface area contributed by atoms with Crippen LogP contribution >= 0.6 is 0 Å². The molecule has 26 heavy (non-hydrogen) atoms. The van der Waals surface area contributed by atoms with Gasteiger partial charge < -0.3 is 9.26 Å². The number of hydrogen-bond acceptors (Lipinski definition) is 6. The van der Waals surface area contributed by atoms with E-state index in [1.807, 2.05) is 0 Å². The molecule has 1 aromatic heterocycles. The number of aryl methyl sites for hydroxylation is 2. The zero-order valence-electron chi connectivity index (χ0n) is 14.8. The fraction of sp³-hybridized carbons (Fsp3) is 0.471. The first kappa shape index (κ1) is 18.8. The molecule has 7 nitrogen and oxygen atoms in total. The van der Waals surface area contributed by atoms with E-state index in [0.29, 0.717) is 56.5 Å². The van der Waals surface area contributed by atoms with Gasteiger partial charge in [0, 0.05) is 32.7 Å². The van der Waals surface area contributed by atoms with E-state index in [1.54, 1.807) is 26.0 Å². The Balaban J connectivity index is 1.50. The number of hydrogen-bond donors (Lipinski definition) is 0. The summed E-state index contributed by atoms with van der Waals surface area (Å²) in [4.78, 5) is 2.31. The molecule has 3 rings (SSSR count). The molecule has 0 unspecified atom stereocenters.